The van der Waals surface area contributed by atoms with Crippen molar-refractivity contribution < 1.29 is 14.4 Å². The van der Waals surface area contributed by atoms with E-state index in [0.29, 0.717) is 23.5 Å². The first-order valence-electron chi connectivity index (χ1n) is 11.7. The second-order valence-electron chi connectivity index (χ2n) is 8.53. The van der Waals surface area contributed by atoms with Gasteiger partial charge in [-0.25, -0.2) is 0 Å². The van der Waals surface area contributed by atoms with Gasteiger partial charge in [0.25, 0.3) is 5.91 Å². The first-order chi connectivity index (χ1) is 15.9. The van der Waals surface area contributed by atoms with E-state index in [1.54, 1.807) is 31.2 Å². The zero-order valence-corrected chi connectivity index (χ0v) is 19.9. The third-order valence-electron chi connectivity index (χ3n) is 6.34. The predicted octanol–water partition coefficient (Wildman–Crippen LogP) is 5.20. The molecule has 0 radical (unpaired) electrons. The first-order valence-corrected chi connectivity index (χ1v) is 11.7. The summed E-state index contributed by atoms with van der Waals surface area (Å²) in [5.74, 6) is 0.191. The number of Topliss-reactive ketones (excluding diaryl/α,β-unsaturated/α-hetero) is 1. The van der Waals surface area contributed by atoms with Crippen LogP contribution in [0.5, 0.6) is 0 Å². The van der Waals surface area contributed by atoms with Gasteiger partial charge in [-0.3, -0.25) is 24.3 Å². The molecule has 1 N–H and O–H groups in total. The Labute approximate surface area is 196 Å². The smallest absolute Gasteiger partial charge is 0.260 e. The van der Waals surface area contributed by atoms with E-state index >= 15 is 0 Å². The molecule has 6 nitrogen and oxygen atoms in total. The minimum Gasteiger partial charge on any atom is -0.326 e. The molecule has 1 unspecified atom stereocenters. The largest absolute Gasteiger partial charge is 0.326 e. The molecule has 0 aliphatic carbocycles. The zero-order chi connectivity index (χ0) is 24.0. The molecule has 0 bridgehead atoms. The summed E-state index contributed by atoms with van der Waals surface area (Å²) in [6.45, 7) is 7.73. The van der Waals surface area contributed by atoms with Gasteiger partial charge in [-0.15, -0.1) is 0 Å². The van der Waals surface area contributed by atoms with Crippen LogP contribution in [0.4, 0.5) is 5.69 Å². The van der Waals surface area contributed by atoms with E-state index in [4.69, 9.17) is 4.99 Å². The second kappa shape index (κ2) is 10.6. The molecule has 0 saturated carbocycles. The Morgan fingerprint density at radius 2 is 1.64 bits per heavy atom. The summed E-state index contributed by atoms with van der Waals surface area (Å²) >= 11 is 0. The standard InChI is InChI=1S/C27H33N3O3/c1-5-17-27(22-11-9-8-10-12-22)26(33)30(19(4)29-27)18-24(31)21-13-15-23(16-14-21)28-25(32)20(6-2)7-3/h8-16,20H,5-7,17-18H2,1-4H3,(H,28,32). The van der Waals surface area contributed by atoms with Crippen molar-refractivity contribution in [1.82, 2.24) is 4.90 Å². The van der Waals surface area contributed by atoms with Crippen molar-refractivity contribution in [3.05, 3.63) is 65.7 Å². The Balaban J connectivity index is 1.73. The van der Waals surface area contributed by atoms with Crippen LogP contribution in [0.15, 0.2) is 59.6 Å². The van der Waals surface area contributed by atoms with Gasteiger partial charge in [-0.2, -0.15) is 0 Å². The maximum atomic E-state index is 13.5. The third kappa shape index (κ3) is 5.05. The average molecular weight is 448 g/mol. The number of hydrogen-bond acceptors (Lipinski definition) is 4. The maximum absolute atomic E-state index is 13.5. The highest BCUT2D eigenvalue weighted by Gasteiger charge is 2.48. The molecule has 3 rings (SSSR count). The zero-order valence-electron chi connectivity index (χ0n) is 19.9. The Bertz CT molecular complexity index is 1030. The van der Waals surface area contributed by atoms with Gasteiger partial charge < -0.3 is 5.32 Å². The fourth-order valence-electron chi connectivity index (χ4n) is 4.39. The van der Waals surface area contributed by atoms with Crippen molar-refractivity contribution >= 4 is 29.1 Å². The van der Waals surface area contributed by atoms with E-state index in [1.165, 1.54) is 4.90 Å². The number of amides is 2. The number of nitrogens with one attached hydrogen (secondary N) is 1. The van der Waals surface area contributed by atoms with Crippen LogP contribution in [-0.2, 0) is 15.1 Å². The van der Waals surface area contributed by atoms with Gasteiger partial charge in [0.1, 0.15) is 5.84 Å². The highest BCUT2D eigenvalue weighted by Crippen LogP contribution is 2.38. The molecule has 1 aliphatic heterocycles. The Morgan fingerprint density at radius 1 is 1.00 bits per heavy atom. The Kier molecular flexibility index (Phi) is 7.79. The number of carbonyl (C=O) groups excluding carboxylic acids is 3. The SMILES string of the molecule is CCCC1(c2ccccc2)N=C(C)N(CC(=O)c2ccc(NC(=O)C(CC)CC)cc2)C1=O. The van der Waals surface area contributed by atoms with Crippen LogP contribution >= 0.6 is 0 Å². The predicted molar refractivity (Wildman–Crippen MR) is 131 cm³/mol. The van der Waals surface area contributed by atoms with Gasteiger partial charge in [0.05, 0.1) is 6.54 Å². The minimum absolute atomic E-state index is 0.0123. The summed E-state index contributed by atoms with van der Waals surface area (Å²) in [4.78, 5) is 45.0. The van der Waals surface area contributed by atoms with E-state index in [1.807, 2.05) is 51.1 Å². The number of hydrogen-bond donors (Lipinski definition) is 1. The Morgan fingerprint density at radius 3 is 2.21 bits per heavy atom. The number of amidine groups is 1. The second-order valence-corrected chi connectivity index (χ2v) is 8.53. The van der Waals surface area contributed by atoms with Gasteiger partial charge in [-0.05, 0) is 56.0 Å². The van der Waals surface area contributed by atoms with Gasteiger partial charge >= 0.3 is 0 Å². The number of nitrogens with zero attached hydrogens (tertiary/aromatic N) is 2. The summed E-state index contributed by atoms with van der Waals surface area (Å²) in [5, 5.41) is 2.91. The highest BCUT2D eigenvalue weighted by atomic mass is 16.2. The molecular formula is C27H33N3O3. The van der Waals surface area contributed by atoms with Crippen LogP contribution in [0, 0.1) is 5.92 Å². The summed E-state index contributed by atoms with van der Waals surface area (Å²) in [6.07, 6.45) is 2.95. The number of carbonyl (C=O) groups is 3. The summed E-state index contributed by atoms with van der Waals surface area (Å²) in [6, 6.07) is 16.4. The number of anilines is 1. The topological polar surface area (TPSA) is 78.8 Å². The van der Waals surface area contributed by atoms with Crippen LogP contribution in [-0.4, -0.2) is 34.9 Å². The van der Waals surface area contributed by atoms with E-state index < -0.39 is 5.54 Å². The molecule has 1 heterocycles. The molecule has 1 aliphatic rings. The highest BCUT2D eigenvalue weighted by molar-refractivity contribution is 6.11. The van der Waals surface area contributed by atoms with E-state index in [-0.39, 0.29) is 30.1 Å². The molecule has 0 aromatic heterocycles. The summed E-state index contributed by atoms with van der Waals surface area (Å²) < 4.78 is 0. The van der Waals surface area contributed by atoms with Gasteiger partial charge in [-0.1, -0.05) is 57.5 Å². The summed E-state index contributed by atoms with van der Waals surface area (Å²) in [7, 11) is 0. The lowest BCUT2D eigenvalue weighted by molar-refractivity contribution is -0.131. The molecule has 1 atom stereocenters. The molecule has 0 saturated heterocycles. The molecule has 2 aromatic carbocycles. The van der Waals surface area contributed by atoms with E-state index in [9.17, 15) is 14.4 Å². The molecule has 174 valence electrons. The first kappa shape index (κ1) is 24.4. The van der Waals surface area contributed by atoms with Crippen molar-refractivity contribution in [3.8, 4) is 0 Å². The fraction of sp³-hybridized carbons (Fsp3) is 0.407. The molecular weight excluding hydrogens is 414 g/mol. The van der Waals surface area contributed by atoms with Crippen molar-refractivity contribution in [2.24, 2.45) is 10.9 Å². The number of aliphatic imine (C=N–C) groups is 1. The fourth-order valence-corrected chi connectivity index (χ4v) is 4.39. The molecule has 2 amide bonds. The Hall–Kier alpha value is -3.28. The number of rotatable bonds is 10. The monoisotopic (exact) mass is 447 g/mol. The van der Waals surface area contributed by atoms with E-state index in [0.717, 1.165) is 24.8 Å². The molecule has 6 heteroatoms. The van der Waals surface area contributed by atoms with Gasteiger partial charge in [0.15, 0.2) is 11.3 Å². The number of benzene rings is 2. The number of ketones is 1. The molecule has 0 spiro atoms. The lowest BCUT2D eigenvalue weighted by Gasteiger charge is -2.26. The average Bonchev–Trinajstić information content (AvgIpc) is 3.06. The van der Waals surface area contributed by atoms with Crippen LogP contribution in [0.3, 0.4) is 0 Å². The van der Waals surface area contributed by atoms with Crippen molar-refractivity contribution in [1.29, 1.82) is 0 Å². The van der Waals surface area contributed by atoms with Crippen LogP contribution < -0.4 is 5.32 Å². The quantitative estimate of drug-likeness (QED) is 0.509. The third-order valence-corrected chi connectivity index (χ3v) is 6.34. The normalized spacial score (nSPS) is 17.9. The minimum atomic E-state index is -0.969. The van der Waals surface area contributed by atoms with Crippen LogP contribution in [0.1, 0.15) is 69.3 Å². The van der Waals surface area contributed by atoms with Gasteiger partial charge in [0, 0.05) is 17.2 Å². The van der Waals surface area contributed by atoms with Crippen molar-refractivity contribution in [2.45, 2.75) is 58.9 Å². The molecule has 0 fully saturated rings. The maximum Gasteiger partial charge on any atom is 0.260 e. The lowest BCUT2D eigenvalue weighted by atomic mass is 9.85. The van der Waals surface area contributed by atoms with Crippen LogP contribution in [0.25, 0.3) is 0 Å². The summed E-state index contributed by atoms with van der Waals surface area (Å²) in [5.41, 5.74) is 1.03. The molecule has 33 heavy (non-hydrogen) atoms. The lowest BCUT2D eigenvalue weighted by Crippen LogP contribution is -2.43. The molecule has 2 aromatic rings. The van der Waals surface area contributed by atoms with Crippen molar-refractivity contribution in [2.75, 3.05) is 11.9 Å². The van der Waals surface area contributed by atoms with Crippen molar-refractivity contribution in [3.63, 3.8) is 0 Å². The van der Waals surface area contributed by atoms with E-state index in [2.05, 4.69) is 5.32 Å². The van der Waals surface area contributed by atoms with Crippen LogP contribution in [0.2, 0.25) is 0 Å². The van der Waals surface area contributed by atoms with Gasteiger partial charge in [0.2, 0.25) is 5.91 Å².